The number of hydrogen-bond acceptors (Lipinski definition) is 2. The van der Waals surface area contributed by atoms with Crippen molar-refractivity contribution in [3.63, 3.8) is 0 Å². The fourth-order valence-corrected chi connectivity index (χ4v) is 4.42. The fourth-order valence-electron chi connectivity index (χ4n) is 3.81. The average molecular weight is 281 g/mol. The highest BCUT2D eigenvalue weighted by Crippen LogP contribution is 2.64. The third-order valence-corrected chi connectivity index (χ3v) is 5.41. The van der Waals surface area contributed by atoms with Crippen LogP contribution in [0.25, 0.3) is 0 Å². The predicted molar refractivity (Wildman–Crippen MR) is 77.2 cm³/mol. The van der Waals surface area contributed by atoms with Crippen LogP contribution in [-0.2, 0) is 0 Å². The summed E-state index contributed by atoms with van der Waals surface area (Å²) in [5.74, 6) is 3.97. The molecule has 2 aliphatic carbocycles. The van der Waals surface area contributed by atoms with Gasteiger partial charge in [-0.1, -0.05) is 6.42 Å². The summed E-state index contributed by atoms with van der Waals surface area (Å²) in [4.78, 5) is 0. The Labute approximate surface area is 120 Å². The van der Waals surface area contributed by atoms with Gasteiger partial charge in [0.2, 0.25) is 0 Å². The van der Waals surface area contributed by atoms with Gasteiger partial charge in [0.25, 0.3) is 0 Å². The first-order valence-electron chi connectivity index (χ1n) is 7.04. The average Bonchev–Trinajstić information content (AvgIpc) is 2.90. The molecule has 3 unspecified atom stereocenters. The Morgan fingerprint density at radius 3 is 2.26 bits per heavy atom. The van der Waals surface area contributed by atoms with Crippen LogP contribution in [0.3, 0.4) is 0 Å². The summed E-state index contributed by atoms with van der Waals surface area (Å²) >= 11 is 6.74. The fraction of sp³-hybridized carbons (Fsp3) is 0.625. The van der Waals surface area contributed by atoms with Gasteiger partial charge in [-0.15, -0.1) is 11.6 Å². The summed E-state index contributed by atoms with van der Waals surface area (Å²) in [7, 11) is 3.34. The van der Waals surface area contributed by atoms with Gasteiger partial charge in [0.05, 0.1) is 19.6 Å². The Kier molecular flexibility index (Phi) is 3.38. The van der Waals surface area contributed by atoms with Gasteiger partial charge in [-0.2, -0.15) is 0 Å². The molecule has 19 heavy (non-hydrogen) atoms. The van der Waals surface area contributed by atoms with E-state index in [2.05, 4.69) is 13.0 Å². The van der Waals surface area contributed by atoms with E-state index >= 15 is 0 Å². The lowest BCUT2D eigenvalue weighted by molar-refractivity contribution is 0.354. The molecule has 1 aromatic rings. The minimum absolute atomic E-state index is 0.120. The van der Waals surface area contributed by atoms with E-state index in [0.29, 0.717) is 5.92 Å². The van der Waals surface area contributed by atoms with E-state index in [4.69, 9.17) is 21.1 Å². The first kappa shape index (κ1) is 13.1. The molecule has 0 spiro atoms. The summed E-state index contributed by atoms with van der Waals surface area (Å²) < 4.78 is 10.7. The molecule has 0 aromatic heterocycles. The number of rotatable bonds is 4. The van der Waals surface area contributed by atoms with Crippen molar-refractivity contribution in [3.05, 3.63) is 23.3 Å². The van der Waals surface area contributed by atoms with E-state index < -0.39 is 0 Å². The molecule has 1 aromatic carbocycles. The smallest absolute Gasteiger partial charge is 0.161 e. The van der Waals surface area contributed by atoms with Gasteiger partial charge >= 0.3 is 0 Å². The summed E-state index contributed by atoms with van der Waals surface area (Å²) in [6.45, 7) is 2.10. The van der Waals surface area contributed by atoms with Crippen LogP contribution < -0.4 is 9.47 Å². The third-order valence-electron chi connectivity index (χ3n) is 4.88. The predicted octanol–water partition coefficient (Wildman–Crippen LogP) is 4.34. The van der Waals surface area contributed by atoms with Crippen LogP contribution in [0.4, 0.5) is 0 Å². The van der Waals surface area contributed by atoms with Crippen LogP contribution in [0.5, 0.6) is 11.5 Å². The number of ether oxygens (including phenoxy) is 2. The Bertz CT molecular complexity index is 476. The van der Waals surface area contributed by atoms with Gasteiger partial charge in [0.15, 0.2) is 11.5 Å². The van der Waals surface area contributed by atoms with E-state index in [1.165, 1.54) is 30.4 Å². The number of hydrogen-bond donors (Lipinski definition) is 0. The maximum Gasteiger partial charge on any atom is 0.161 e. The highest BCUT2D eigenvalue weighted by molar-refractivity contribution is 6.21. The Balaban J connectivity index is 1.87. The lowest BCUT2D eigenvalue weighted by Crippen LogP contribution is -2.03. The van der Waals surface area contributed by atoms with E-state index in [0.717, 1.165) is 23.3 Å². The number of aryl methyl sites for hydroxylation is 1. The van der Waals surface area contributed by atoms with E-state index in [1.54, 1.807) is 14.2 Å². The van der Waals surface area contributed by atoms with Gasteiger partial charge in [-0.05, 0) is 60.8 Å². The van der Waals surface area contributed by atoms with Gasteiger partial charge in [0, 0.05) is 0 Å². The van der Waals surface area contributed by atoms with Gasteiger partial charge in [-0.3, -0.25) is 0 Å². The zero-order valence-corrected chi connectivity index (χ0v) is 12.5. The first-order chi connectivity index (χ1) is 9.17. The van der Waals surface area contributed by atoms with Gasteiger partial charge < -0.3 is 9.47 Å². The van der Waals surface area contributed by atoms with Crippen molar-refractivity contribution in [2.45, 2.75) is 31.6 Å². The largest absolute Gasteiger partial charge is 0.493 e. The van der Waals surface area contributed by atoms with Crippen molar-refractivity contribution in [2.24, 2.45) is 17.8 Å². The molecule has 2 nitrogen and oxygen atoms in total. The number of methoxy groups -OCH3 is 2. The monoisotopic (exact) mass is 280 g/mol. The van der Waals surface area contributed by atoms with Crippen LogP contribution in [0.2, 0.25) is 0 Å². The van der Waals surface area contributed by atoms with Crippen molar-refractivity contribution in [1.29, 1.82) is 0 Å². The maximum absolute atomic E-state index is 6.74. The SMILES string of the molecule is COc1cc(C)c(C(Cl)C2C3CCCC32)cc1OC. The van der Waals surface area contributed by atoms with Gasteiger partial charge in [-0.25, -0.2) is 0 Å². The van der Waals surface area contributed by atoms with E-state index in [-0.39, 0.29) is 5.38 Å². The Morgan fingerprint density at radius 2 is 1.68 bits per heavy atom. The van der Waals surface area contributed by atoms with E-state index in [9.17, 15) is 0 Å². The quantitative estimate of drug-likeness (QED) is 0.764. The summed E-state index contributed by atoms with van der Waals surface area (Å²) in [5.41, 5.74) is 2.40. The van der Waals surface area contributed by atoms with Crippen molar-refractivity contribution in [3.8, 4) is 11.5 Å². The number of alkyl halides is 1. The zero-order chi connectivity index (χ0) is 13.6. The lowest BCUT2D eigenvalue weighted by atomic mass is 9.98. The zero-order valence-electron chi connectivity index (χ0n) is 11.8. The molecule has 0 bridgehead atoms. The molecular formula is C16H21ClO2. The molecule has 0 amide bonds. The number of halogens is 1. The van der Waals surface area contributed by atoms with Crippen molar-refractivity contribution in [2.75, 3.05) is 14.2 Å². The molecular weight excluding hydrogens is 260 g/mol. The molecule has 2 aliphatic rings. The molecule has 0 saturated heterocycles. The molecule has 0 heterocycles. The Hall–Kier alpha value is -0.890. The maximum atomic E-state index is 6.74. The van der Waals surface area contributed by atoms with E-state index in [1.807, 2.05) is 6.07 Å². The molecule has 0 aliphatic heterocycles. The first-order valence-corrected chi connectivity index (χ1v) is 7.47. The second kappa shape index (κ2) is 4.90. The van der Waals surface area contributed by atoms with Crippen LogP contribution in [-0.4, -0.2) is 14.2 Å². The van der Waals surface area contributed by atoms with Crippen molar-refractivity contribution in [1.82, 2.24) is 0 Å². The van der Waals surface area contributed by atoms with Crippen LogP contribution in [0, 0.1) is 24.7 Å². The topological polar surface area (TPSA) is 18.5 Å². The standard InChI is InChI=1S/C16H21ClO2/c1-9-7-13(18-2)14(19-3)8-12(9)16(17)15-10-5-4-6-11(10)15/h7-8,10-11,15-16H,4-6H2,1-3H3. The normalized spacial score (nSPS) is 29.8. The molecule has 0 radical (unpaired) electrons. The highest BCUT2D eigenvalue weighted by atomic mass is 35.5. The second-order valence-corrected chi connectivity index (χ2v) is 6.27. The summed E-state index contributed by atoms with van der Waals surface area (Å²) in [6.07, 6.45) is 4.12. The third kappa shape index (κ3) is 2.10. The molecule has 2 saturated carbocycles. The second-order valence-electron chi connectivity index (χ2n) is 5.80. The summed E-state index contributed by atoms with van der Waals surface area (Å²) in [5, 5.41) is 0.120. The number of benzene rings is 1. The lowest BCUT2D eigenvalue weighted by Gasteiger charge is -2.17. The minimum atomic E-state index is 0.120. The molecule has 0 N–H and O–H groups in total. The Morgan fingerprint density at radius 1 is 1.11 bits per heavy atom. The van der Waals surface area contributed by atoms with Crippen LogP contribution in [0.15, 0.2) is 12.1 Å². The molecule has 3 rings (SSSR count). The molecule has 2 fully saturated rings. The molecule has 3 heteroatoms. The highest BCUT2D eigenvalue weighted by Gasteiger charge is 2.55. The molecule has 3 atom stereocenters. The van der Waals surface area contributed by atoms with Crippen molar-refractivity contribution >= 4 is 11.6 Å². The van der Waals surface area contributed by atoms with Crippen molar-refractivity contribution < 1.29 is 9.47 Å². The molecule has 104 valence electrons. The van der Waals surface area contributed by atoms with Gasteiger partial charge in [0.1, 0.15) is 0 Å². The van der Waals surface area contributed by atoms with Crippen LogP contribution >= 0.6 is 11.6 Å². The van der Waals surface area contributed by atoms with Crippen LogP contribution in [0.1, 0.15) is 35.8 Å². The summed E-state index contributed by atoms with van der Waals surface area (Å²) in [6, 6.07) is 4.08. The number of fused-ring (bicyclic) bond motifs is 1. The minimum Gasteiger partial charge on any atom is -0.493 e.